The van der Waals surface area contributed by atoms with Gasteiger partial charge in [-0.15, -0.1) is 126 Å². The summed E-state index contributed by atoms with van der Waals surface area (Å²) in [5.74, 6) is 0.349. The Bertz CT molecular complexity index is 2150. The molecule has 4 aromatic carbocycles. The smallest absolute Gasteiger partial charge is 0.326 e. The fourth-order valence-corrected chi connectivity index (χ4v) is 6.68. The van der Waals surface area contributed by atoms with E-state index in [1.165, 1.54) is 6.33 Å². The third-order valence-corrected chi connectivity index (χ3v) is 8.82. The van der Waals surface area contributed by atoms with E-state index in [4.69, 9.17) is 0 Å². The molecule has 0 saturated carbocycles. The van der Waals surface area contributed by atoms with E-state index in [1.807, 2.05) is 77.4 Å². The first kappa shape index (κ1) is 32.9. The molecule has 0 aliphatic carbocycles. The standard InChI is InChI=1S/C36H19N7S2.2Pd/c1-3-17-37-32(11-1)24-7-5-9-26(19-24)44-28-13-15-30-31-16-14-29(22-35(31)43(34(30)21-28)36-41-39-23-40-42-36)45-27-10-6-8-25(20-27)33-12-2-4-18-38-33;;/h1-18,23H;;/q-4;2*+2. The third kappa shape index (κ3) is 6.98. The minimum absolute atomic E-state index is 0. The first-order valence-electron chi connectivity index (χ1n) is 14.0. The Kier molecular flexibility index (Phi) is 10.3. The van der Waals surface area contributed by atoms with Crippen molar-refractivity contribution in [3.8, 4) is 28.5 Å². The van der Waals surface area contributed by atoms with E-state index in [0.717, 1.165) is 63.9 Å². The Morgan fingerprint density at radius 3 is 1.45 bits per heavy atom. The average molecular weight is 827 g/mol. The van der Waals surface area contributed by atoms with E-state index in [0.29, 0.717) is 5.95 Å². The Morgan fingerprint density at radius 1 is 0.489 bits per heavy atom. The van der Waals surface area contributed by atoms with Gasteiger partial charge >= 0.3 is 40.8 Å². The predicted molar refractivity (Wildman–Crippen MR) is 175 cm³/mol. The minimum Gasteiger partial charge on any atom is -0.326 e. The molecule has 0 bridgehead atoms. The van der Waals surface area contributed by atoms with Crippen LogP contribution in [0, 0.1) is 24.3 Å². The van der Waals surface area contributed by atoms with Gasteiger partial charge in [0.05, 0.1) is 0 Å². The van der Waals surface area contributed by atoms with Crippen LogP contribution in [0.5, 0.6) is 0 Å². The van der Waals surface area contributed by atoms with Crippen LogP contribution in [-0.4, -0.2) is 34.9 Å². The van der Waals surface area contributed by atoms with E-state index in [-0.39, 0.29) is 40.8 Å². The zero-order valence-electron chi connectivity index (χ0n) is 24.0. The predicted octanol–water partition coefficient (Wildman–Crippen LogP) is 7.99. The first-order valence-corrected chi connectivity index (χ1v) is 15.6. The van der Waals surface area contributed by atoms with Gasteiger partial charge in [-0.25, -0.2) is 0 Å². The molecule has 0 fully saturated rings. The second kappa shape index (κ2) is 14.8. The molecule has 0 radical (unpaired) electrons. The molecule has 8 rings (SSSR count). The van der Waals surface area contributed by atoms with Gasteiger partial charge in [0, 0.05) is 12.4 Å². The quantitative estimate of drug-likeness (QED) is 0.118. The van der Waals surface area contributed by atoms with Crippen molar-refractivity contribution < 1.29 is 40.8 Å². The first-order chi connectivity index (χ1) is 22.3. The van der Waals surface area contributed by atoms with E-state index in [2.05, 4.69) is 78.9 Å². The number of pyridine rings is 2. The van der Waals surface area contributed by atoms with E-state index in [1.54, 1.807) is 35.9 Å². The van der Waals surface area contributed by atoms with Crippen molar-refractivity contribution in [3.05, 3.63) is 140 Å². The number of hydrogen-bond acceptors (Lipinski definition) is 8. The number of rotatable bonds is 7. The Morgan fingerprint density at radius 2 is 0.979 bits per heavy atom. The van der Waals surface area contributed by atoms with Crippen LogP contribution in [0.25, 0.3) is 50.3 Å². The molecule has 0 atom stereocenters. The Hall–Kier alpha value is -4.06. The van der Waals surface area contributed by atoms with Crippen molar-refractivity contribution >= 4 is 45.3 Å². The molecule has 8 aromatic rings. The molecule has 0 aliphatic heterocycles. The normalized spacial score (nSPS) is 10.8. The van der Waals surface area contributed by atoms with Crippen molar-refractivity contribution in [3.63, 3.8) is 0 Å². The van der Waals surface area contributed by atoms with Crippen molar-refractivity contribution in [2.45, 2.75) is 19.6 Å². The fourth-order valence-electron chi connectivity index (χ4n) is 5.03. The van der Waals surface area contributed by atoms with Crippen molar-refractivity contribution in [1.29, 1.82) is 0 Å². The minimum atomic E-state index is 0. The number of fused-ring (bicyclic) bond motifs is 3. The summed E-state index contributed by atoms with van der Waals surface area (Å²) in [5, 5.41) is 18.6. The summed E-state index contributed by atoms with van der Waals surface area (Å²) in [4.78, 5) is 12.7. The third-order valence-electron chi connectivity index (χ3n) is 6.99. The van der Waals surface area contributed by atoms with Crippen LogP contribution in [-0.2, 0) is 40.8 Å². The Labute approximate surface area is 307 Å². The Balaban J connectivity index is 0.00000193. The molecule has 230 valence electrons. The van der Waals surface area contributed by atoms with E-state index in [9.17, 15) is 0 Å². The maximum atomic E-state index is 4.47. The molecule has 47 heavy (non-hydrogen) atoms. The van der Waals surface area contributed by atoms with Gasteiger partial charge in [0.25, 0.3) is 5.95 Å². The molecule has 0 saturated heterocycles. The van der Waals surface area contributed by atoms with E-state index >= 15 is 0 Å². The molecule has 0 amide bonds. The molecule has 0 N–H and O–H groups in total. The molecule has 4 aromatic heterocycles. The molecule has 7 nitrogen and oxygen atoms in total. The second-order valence-electron chi connectivity index (χ2n) is 9.84. The molecule has 11 heteroatoms. The van der Waals surface area contributed by atoms with Crippen LogP contribution in [0.2, 0.25) is 0 Å². The van der Waals surface area contributed by atoms with Gasteiger partial charge in [0.2, 0.25) is 0 Å². The zero-order valence-corrected chi connectivity index (χ0v) is 28.8. The SMILES string of the molecule is [Pd+2].[Pd+2].[c-]1c(Sc2[c-]c3c(cc2)c2ccc(Sc4[c-]c(-c5ccccn5)ccc4)[c-]c2n3-c2nncnn2)cccc1-c1ccccn1. The van der Waals surface area contributed by atoms with Crippen molar-refractivity contribution in [2.24, 2.45) is 0 Å². The van der Waals surface area contributed by atoms with Gasteiger partial charge < -0.3 is 14.5 Å². The van der Waals surface area contributed by atoms with Gasteiger partial charge in [-0.1, -0.05) is 45.1 Å². The number of nitrogens with zero attached hydrogens (tertiary/aromatic N) is 7. The van der Waals surface area contributed by atoms with Crippen LogP contribution in [0.4, 0.5) is 0 Å². The van der Waals surface area contributed by atoms with Gasteiger partial charge in [0.15, 0.2) is 6.33 Å². The molecule has 0 spiro atoms. The summed E-state index contributed by atoms with van der Waals surface area (Å²) < 4.78 is 1.92. The molecular formula is C36H19N7Pd2S2. The monoisotopic (exact) mass is 825 g/mol. The summed E-state index contributed by atoms with van der Waals surface area (Å²) in [6.45, 7) is 0. The second-order valence-corrected chi connectivity index (χ2v) is 12.0. The van der Waals surface area contributed by atoms with Crippen LogP contribution in [0.3, 0.4) is 0 Å². The number of hydrogen-bond donors (Lipinski definition) is 0. The average Bonchev–Trinajstić information content (AvgIpc) is 3.42. The summed E-state index contributed by atoms with van der Waals surface area (Å²) in [6.07, 6.45) is 4.90. The van der Waals surface area contributed by atoms with Crippen LogP contribution < -0.4 is 0 Å². The summed E-state index contributed by atoms with van der Waals surface area (Å²) in [6, 6.07) is 46.4. The van der Waals surface area contributed by atoms with Crippen molar-refractivity contribution in [1.82, 2.24) is 34.9 Å². The zero-order chi connectivity index (χ0) is 30.0. The van der Waals surface area contributed by atoms with Gasteiger partial charge in [-0.3, -0.25) is 0 Å². The van der Waals surface area contributed by atoms with Crippen LogP contribution in [0.15, 0.2) is 135 Å². The van der Waals surface area contributed by atoms with E-state index < -0.39 is 0 Å². The molecule has 4 heterocycles. The number of benzene rings is 4. The summed E-state index contributed by atoms with van der Waals surface area (Å²) >= 11 is 3.16. The molecule has 0 unspecified atom stereocenters. The maximum absolute atomic E-state index is 4.47. The van der Waals surface area contributed by atoms with Crippen molar-refractivity contribution in [2.75, 3.05) is 0 Å². The summed E-state index contributed by atoms with van der Waals surface area (Å²) in [5.41, 5.74) is 5.26. The van der Waals surface area contributed by atoms with Gasteiger partial charge in [-0.2, -0.15) is 35.0 Å². The molecular weight excluding hydrogens is 807 g/mol. The maximum Gasteiger partial charge on any atom is 2.00 e. The topological polar surface area (TPSA) is 82.3 Å². The van der Waals surface area contributed by atoms with Crippen LogP contribution >= 0.6 is 23.5 Å². The summed E-state index contributed by atoms with van der Waals surface area (Å²) in [7, 11) is 0. The number of aromatic nitrogens is 7. The van der Waals surface area contributed by atoms with Gasteiger partial charge in [0.1, 0.15) is 0 Å². The molecule has 0 aliphatic rings. The van der Waals surface area contributed by atoms with Gasteiger partial charge in [-0.05, 0) is 23.5 Å². The largest absolute Gasteiger partial charge is 2.00 e. The fraction of sp³-hybridized carbons (Fsp3) is 0. The van der Waals surface area contributed by atoms with Crippen LogP contribution in [0.1, 0.15) is 0 Å².